The number of halogens is 3. The van der Waals surface area contributed by atoms with E-state index in [1.165, 1.54) is 7.05 Å². The zero-order valence-electron chi connectivity index (χ0n) is 5.98. The third-order valence-electron chi connectivity index (χ3n) is 1.06. The van der Waals surface area contributed by atoms with Gasteiger partial charge in [-0.3, -0.25) is 4.79 Å². The fourth-order valence-electron chi connectivity index (χ4n) is 0.431. The Morgan fingerprint density at radius 3 is 2.36 bits per heavy atom. The monoisotopic (exact) mass is 167 g/mol. The van der Waals surface area contributed by atoms with Gasteiger partial charge in [-0.2, -0.15) is 13.2 Å². The summed E-state index contributed by atoms with van der Waals surface area (Å²) in [7, 11) is 1.22. The van der Waals surface area contributed by atoms with Gasteiger partial charge in [0.25, 0.3) is 0 Å². The second-order valence-corrected chi connectivity index (χ2v) is 2.07. The lowest BCUT2D eigenvalue weighted by molar-refractivity contribution is -0.132. The summed E-state index contributed by atoms with van der Waals surface area (Å²) in [5, 5.41) is 0. The molecule has 0 aromatic heterocycles. The Kier molecular flexibility index (Phi) is 3.10. The van der Waals surface area contributed by atoms with Crippen LogP contribution in [-0.4, -0.2) is 24.5 Å². The maximum absolute atomic E-state index is 11.6. The van der Waals surface area contributed by atoms with Crippen LogP contribution in [0.15, 0.2) is 12.3 Å². The van der Waals surface area contributed by atoms with E-state index in [0.717, 1.165) is 4.90 Å². The van der Waals surface area contributed by atoms with Gasteiger partial charge in [0.05, 0.1) is 6.42 Å². The van der Waals surface area contributed by atoms with Crippen molar-refractivity contribution in [3.8, 4) is 0 Å². The smallest absolute Gasteiger partial charge is 0.322 e. The fraction of sp³-hybridized carbons (Fsp3) is 0.500. The average Bonchev–Trinajstić information content (AvgIpc) is 1.82. The van der Waals surface area contributed by atoms with Crippen LogP contribution in [0.1, 0.15) is 6.42 Å². The van der Waals surface area contributed by atoms with Crippen molar-refractivity contribution in [1.82, 2.24) is 4.90 Å². The maximum atomic E-state index is 11.6. The van der Waals surface area contributed by atoms with Crippen molar-refractivity contribution in [2.24, 2.45) is 0 Å². The molecule has 1 amide bonds. The highest BCUT2D eigenvalue weighted by Gasteiger charge is 2.29. The number of rotatable bonds is 3. The summed E-state index contributed by atoms with van der Waals surface area (Å²) in [6.45, 7) is 3.09. The van der Waals surface area contributed by atoms with Gasteiger partial charge in [0.2, 0.25) is 6.41 Å². The molecule has 0 bridgehead atoms. The first kappa shape index (κ1) is 10.0. The first-order valence-electron chi connectivity index (χ1n) is 2.79. The molecule has 0 unspecified atom stereocenters. The van der Waals surface area contributed by atoms with Crippen LogP contribution in [-0.2, 0) is 4.79 Å². The summed E-state index contributed by atoms with van der Waals surface area (Å²) >= 11 is 0. The fourth-order valence-corrected chi connectivity index (χ4v) is 0.431. The van der Waals surface area contributed by atoms with Crippen LogP contribution in [0.4, 0.5) is 13.2 Å². The summed E-state index contributed by atoms with van der Waals surface area (Å²) < 4.78 is 34.8. The molecule has 0 heterocycles. The van der Waals surface area contributed by atoms with Crippen molar-refractivity contribution in [3.05, 3.63) is 12.3 Å². The summed E-state index contributed by atoms with van der Waals surface area (Å²) in [5.74, 6) is 0. The molecule has 0 aliphatic carbocycles. The predicted molar refractivity (Wildman–Crippen MR) is 33.6 cm³/mol. The van der Waals surface area contributed by atoms with Gasteiger partial charge in [0, 0.05) is 12.7 Å². The average molecular weight is 167 g/mol. The highest BCUT2D eigenvalue weighted by Crippen LogP contribution is 2.24. The van der Waals surface area contributed by atoms with E-state index < -0.39 is 12.6 Å². The number of hydrogen-bond acceptors (Lipinski definition) is 1. The summed E-state index contributed by atoms with van der Waals surface area (Å²) in [6, 6.07) is 0. The lowest BCUT2D eigenvalue weighted by Crippen LogP contribution is -2.20. The zero-order chi connectivity index (χ0) is 9.07. The van der Waals surface area contributed by atoms with Crippen molar-refractivity contribution < 1.29 is 18.0 Å². The van der Waals surface area contributed by atoms with Crippen molar-refractivity contribution in [1.29, 1.82) is 0 Å². The second kappa shape index (κ2) is 3.41. The van der Waals surface area contributed by atoms with E-state index >= 15 is 0 Å². The zero-order valence-corrected chi connectivity index (χ0v) is 5.98. The van der Waals surface area contributed by atoms with Crippen molar-refractivity contribution >= 4 is 6.41 Å². The molecule has 0 radical (unpaired) electrons. The second-order valence-electron chi connectivity index (χ2n) is 2.07. The predicted octanol–water partition coefficient (Wildman–Crippen LogP) is 1.54. The Hall–Kier alpha value is -1.00. The molecule has 0 rings (SSSR count). The highest BCUT2D eigenvalue weighted by molar-refractivity contribution is 5.49. The van der Waals surface area contributed by atoms with Gasteiger partial charge in [-0.25, -0.2) is 0 Å². The van der Waals surface area contributed by atoms with Crippen LogP contribution >= 0.6 is 0 Å². The third kappa shape index (κ3) is 4.41. The van der Waals surface area contributed by atoms with Gasteiger partial charge in [0.1, 0.15) is 0 Å². The van der Waals surface area contributed by atoms with Crippen LogP contribution < -0.4 is 0 Å². The number of allylic oxidation sites excluding steroid dienone is 1. The van der Waals surface area contributed by atoms with Gasteiger partial charge < -0.3 is 4.90 Å². The lowest BCUT2D eigenvalue weighted by atomic mass is 10.3. The summed E-state index contributed by atoms with van der Waals surface area (Å²) in [5.41, 5.74) is -0.257. The van der Waals surface area contributed by atoms with Gasteiger partial charge in [-0.05, 0) is 0 Å². The normalized spacial score (nSPS) is 10.9. The highest BCUT2D eigenvalue weighted by atomic mass is 19.4. The molecule has 0 saturated carbocycles. The molecule has 0 aromatic carbocycles. The topological polar surface area (TPSA) is 20.3 Å². The Balaban J connectivity index is 3.98. The number of amides is 1. The number of carbonyl (C=O) groups excluding carboxylic acids is 1. The van der Waals surface area contributed by atoms with Crippen LogP contribution in [0.2, 0.25) is 0 Å². The molecule has 0 atom stereocenters. The Morgan fingerprint density at radius 2 is 2.09 bits per heavy atom. The molecule has 0 spiro atoms. The Morgan fingerprint density at radius 1 is 1.64 bits per heavy atom. The molecule has 0 N–H and O–H groups in total. The molecule has 2 nitrogen and oxygen atoms in total. The van der Waals surface area contributed by atoms with E-state index in [1.807, 2.05) is 0 Å². The summed E-state index contributed by atoms with van der Waals surface area (Å²) in [4.78, 5) is 10.7. The minimum absolute atomic E-state index is 0.257. The first-order valence-corrected chi connectivity index (χ1v) is 2.79. The van der Waals surface area contributed by atoms with Crippen molar-refractivity contribution in [3.63, 3.8) is 0 Å². The van der Waals surface area contributed by atoms with E-state index in [1.54, 1.807) is 0 Å². The van der Waals surface area contributed by atoms with Gasteiger partial charge in [0.15, 0.2) is 0 Å². The van der Waals surface area contributed by atoms with Gasteiger partial charge >= 0.3 is 6.18 Å². The standard InChI is InChI=1S/C6H8F3NO/c1-5(10(2)4-11)3-6(7,8)9/h4H,1,3H2,2H3. The molecule has 0 aliphatic heterocycles. The molecular weight excluding hydrogens is 159 g/mol. The number of alkyl halides is 3. The first-order chi connectivity index (χ1) is 4.87. The third-order valence-corrected chi connectivity index (χ3v) is 1.06. The molecule has 11 heavy (non-hydrogen) atoms. The quantitative estimate of drug-likeness (QED) is 0.584. The number of hydrogen-bond donors (Lipinski definition) is 0. The van der Waals surface area contributed by atoms with Crippen molar-refractivity contribution in [2.75, 3.05) is 7.05 Å². The van der Waals surface area contributed by atoms with E-state index in [-0.39, 0.29) is 12.1 Å². The van der Waals surface area contributed by atoms with Crippen LogP contribution in [0.5, 0.6) is 0 Å². The van der Waals surface area contributed by atoms with Gasteiger partial charge in [-0.15, -0.1) is 0 Å². The van der Waals surface area contributed by atoms with Crippen LogP contribution in [0.25, 0.3) is 0 Å². The molecule has 0 aliphatic rings. The SMILES string of the molecule is C=C(CC(F)(F)F)N(C)C=O. The van der Waals surface area contributed by atoms with Gasteiger partial charge in [-0.1, -0.05) is 6.58 Å². The maximum Gasteiger partial charge on any atom is 0.394 e. The molecule has 0 saturated heterocycles. The number of nitrogens with zero attached hydrogens (tertiary/aromatic N) is 1. The van der Waals surface area contributed by atoms with E-state index in [2.05, 4.69) is 6.58 Å². The largest absolute Gasteiger partial charge is 0.394 e. The molecule has 64 valence electrons. The van der Waals surface area contributed by atoms with E-state index in [0.29, 0.717) is 0 Å². The molecule has 0 aromatic rings. The van der Waals surface area contributed by atoms with Crippen LogP contribution in [0.3, 0.4) is 0 Å². The Labute approximate surface area is 62.3 Å². The molecular formula is C6H8F3NO. The molecule has 0 fully saturated rings. The van der Waals surface area contributed by atoms with Crippen molar-refractivity contribution in [2.45, 2.75) is 12.6 Å². The number of carbonyl (C=O) groups is 1. The van der Waals surface area contributed by atoms with E-state index in [9.17, 15) is 18.0 Å². The minimum Gasteiger partial charge on any atom is -0.322 e. The molecule has 5 heteroatoms. The van der Waals surface area contributed by atoms with E-state index in [4.69, 9.17) is 0 Å². The van der Waals surface area contributed by atoms with Crippen LogP contribution in [0, 0.1) is 0 Å². The Bertz CT molecular complexity index is 164. The summed E-state index contributed by atoms with van der Waals surface area (Å²) in [6.07, 6.45) is -5.16. The minimum atomic E-state index is -4.30. The lowest BCUT2D eigenvalue weighted by Gasteiger charge is -2.15.